The first-order chi connectivity index (χ1) is 9.08. The van der Waals surface area contributed by atoms with E-state index in [1.165, 1.54) is 11.3 Å². The van der Waals surface area contributed by atoms with Crippen molar-refractivity contribution < 1.29 is 0 Å². The van der Waals surface area contributed by atoms with Gasteiger partial charge >= 0.3 is 0 Å². The minimum Gasteiger partial charge on any atom is -0.396 e. The van der Waals surface area contributed by atoms with Crippen LogP contribution < -0.4 is 10.6 Å². The third-order valence-electron chi connectivity index (χ3n) is 3.35. The maximum absolute atomic E-state index is 9.27. The normalized spacial score (nSPS) is 18.6. The molecule has 1 atom stereocenters. The zero-order chi connectivity index (χ0) is 14.0. The second-order valence-electron chi connectivity index (χ2n) is 5.00. The van der Waals surface area contributed by atoms with Crippen LogP contribution in [0.15, 0.2) is 0 Å². The standard InChI is InChI=1S/C13H17N5S/c1-17(2)8-9-4-3-5-18(9)13-10(6-14)12(16)11(7-15)19-13/h9H,3-5,8,16H2,1-2H3. The first-order valence-corrected chi connectivity index (χ1v) is 7.04. The molecule has 2 heterocycles. The van der Waals surface area contributed by atoms with Gasteiger partial charge in [0.2, 0.25) is 0 Å². The first kappa shape index (κ1) is 13.7. The molecular formula is C13H17N5S. The lowest BCUT2D eigenvalue weighted by Crippen LogP contribution is -2.37. The molecule has 5 nitrogen and oxygen atoms in total. The highest BCUT2D eigenvalue weighted by atomic mass is 32.1. The summed E-state index contributed by atoms with van der Waals surface area (Å²) in [6, 6.07) is 4.62. The molecule has 0 spiro atoms. The number of thiophene rings is 1. The van der Waals surface area contributed by atoms with Crippen LogP contribution in [0.1, 0.15) is 23.3 Å². The van der Waals surface area contributed by atoms with E-state index < -0.39 is 0 Å². The van der Waals surface area contributed by atoms with Crippen molar-refractivity contribution in [1.82, 2.24) is 4.90 Å². The Morgan fingerprint density at radius 2 is 2.16 bits per heavy atom. The quantitative estimate of drug-likeness (QED) is 0.906. The lowest BCUT2D eigenvalue weighted by Gasteiger charge is -2.27. The minimum absolute atomic E-state index is 0.334. The van der Waals surface area contributed by atoms with E-state index in [1.807, 2.05) is 14.1 Å². The summed E-state index contributed by atoms with van der Waals surface area (Å²) < 4.78 is 0. The van der Waals surface area contributed by atoms with E-state index in [0.29, 0.717) is 22.2 Å². The van der Waals surface area contributed by atoms with Crippen molar-refractivity contribution in [1.29, 1.82) is 10.5 Å². The van der Waals surface area contributed by atoms with E-state index in [1.54, 1.807) is 0 Å². The second kappa shape index (κ2) is 5.48. The lowest BCUT2D eigenvalue weighted by atomic mass is 10.2. The fourth-order valence-corrected chi connectivity index (χ4v) is 3.61. The van der Waals surface area contributed by atoms with E-state index in [0.717, 1.165) is 30.9 Å². The fraction of sp³-hybridized carbons (Fsp3) is 0.538. The number of hydrogen-bond donors (Lipinski definition) is 1. The van der Waals surface area contributed by atoms with Gasteiger partial charge in [-0.15, -0.1) is 11.3 Å². The molecule has 0 saturated carbocycles. The summed E-state index contributed by atoms with van der Waals surface area (Å²) in [5.41, 5.74) is 6.67. The summed E-state index contributed by atoms with van der Waals surface area (Å²) in [7, 11) is 4.09. The average Bonchev–Trinajstić information content (AvgIpc) is 2.92. The van der Waals surface area contributed by atoms with Crippen LogP contribution in [0.5, 0.6) is 0 Å². The molecule has 1 unspecified atom stereocenters. The molecule has 1 aromatic rings. The summed E-state index contributed by atoms with van der Waals surface area (Å²) in [6.07, 6.45) is 2.23. The molecule has 2 rings (SSSR count). The van der Waals surface area contributed by atoms with Gasteiger partial charge in [0.05, 0.1) is 5.69 Å². The van der Waals surface area contributed by atoms with Crippen molar-refractivity contribution in [3.63, 3.8) is 0 Å². The Labute approximate surface area is 117 Å². The van der Waals surface area contributed by atoms with Gasteiger partial charge in [0.15, 0.2) is 0 Å². The molecule has 1 fully saturated rings. The highest BCUT2D eigenvalue weighted by molar-refractivity contribution is 7.17. The number of hydrogen-bond acceptors (Lipinski definition) is 6. The average molecular weight is 275 g/mol. The second-order valence-corrected chi connectivity index (χ2v) is 6.00. The molecule has 0 aliphatic carbocycles. The zero-order valence-electron chi connectivity index (χ0n) is 11.2. The molecule has 19 heavy (non-hydrogen) atoms. The van der Waals surface area contributed by atoms with Crippen LogP contribution >= 0.6 is 11.3 Å². The van der Waals surface area contributed by atoms with Crippen LogP contribution in [0.3, 0.4) is 0 Å². The third-order valence-corrected chi connectivity index (χ3v) is 4.50. The van der Waals surface area contributed by atoms with Crippen molar-refractivity contribution >= 4 is 22.0 Å². The largest absolute Gasteiger partial charge is 0.396 e. The van der Waals surface area contributed by atoms with Gasteiger partial charge in [-0.3, -0.25) is 0 Å². The monoisotopic (exact) mass is 275 g/mol. The number of nitrogens with two attached hydrogens (primary N) is 1. The van der Waals surface area contributed by atoms with E-state index in [2.05, 4.69) is 21.9 Å². The van der Waals surface area contributed by atoms with Gasteiger partial charge in [-0.2, -0.15) is 10.5 Å². The third kappa shape index (κ3) is 2.51. The van der Waals surface area contributed by atoms with Crippen LogP contribution in [-0.2, 0) is 0 Å². The van der Waals surface area contributed by atoms with Crippen molar-refractivity contribution in [3.8, 4) is 12.1 Å². The van der Waals surface area contributed by atoms with E-state index >= 15 is 0 Å². The van der Waals surface area contributed by atoms with Gasteiger partial charge in [-0.25, -0.2) is 0 Å². The molecule has 0 aromatic carbocycles. The van der Waals surface area contributed by atoms with Gasteiger partial charge in [0, 0.05) is 19.1 Å². The summed E-state index contributed by atoms with van der Waals surface area (Å²) >= 11 is 1.34. The Morgan fingerprint density at radius 3 is 2.74 bits per heavy atom. The highest BCUT2D eigenvalue weighted by Gasteiger charge is 2.30. The maximum atomic E-state index is 9.27. The molecule has 1 saturated heterocycles. The van der Waals surface area contributed by atoms with Crippen LogP contribution in [-0.4, -0.2) is 38.1 Å². The van der Waals surface area contributed by atoms with E-state index in [-0.39, 0.29) is 0 Å². The van der Waals surface area contributed by atoms with Gasteiger partial charge in [0.25, 0.3) is 0 Å². The Balaban J connectivity index is 2.36. The number of nitrogen functional groups attached to an aromatic ring is 1. The molecule has 1 aliphatic heterocycles. The van der Waals surface area contributed by atoms with E-state index in [9.17, 15) is 5.26 Å². The molecule has 1 aromatic heterocycles. The van der Waals surface area contributed by atoms with Gasteiger partial charge in [0.1, 0.15) is 27.6 Å². The van der Waals surface area contributed by atoms with Crippen LogP contribution in [0.4, 0.5) is 10.7 Å². The van der Waals surface area contributed by atoms with Gasteiger partial charge in [-0.1, -0.05) is 0 Å². The number of anilines is 2. The van der Waals surface area contributed by atoms with Gasteiger partial charge in [-0.05, 0) is 26.9 Å². The molecular weight excluding hydrogens is 258 g/mol. The minimum atomic E-state index is 0.334. The fourth-order valence-electron chi connectivity index (χ4n) is 2.54. The Morgan fingerprint density at radius 1 is 1.42 bits per heavy atom. The smallest absolute Gasteiger partial charge is 0.131 e. The Hall–Kier alpha value is -1.76. The van der Waals surface area contributed by atoms with Crippen molar-refractivity contribution in [3.05, 3.63) is 10.4 Å². The summed E-state index contributed by atoms with van der Waals surface area (Å²) in [5.74, 6) is 0. The summed E-state index contributed by atoms with van der Waals surface area (Å²) in [6.45, 7) is 1.88. The van der Waals surface area contributed by atoms with Crippen LogP contribution in [0.25, 0.3) is 0 Å². The molecule has 0 amide bonds. The number of nitrogens with zero attached hydrogens (tertiary/aromatic N) is 4. The number of likely N-dealkylation sites (N-methyl/N-ethyl adjacent to an activating group) is 1. The Bertz CT molecular complexity index is 549. The molecule has 6 heteroatoms. The molecule has 1 aliphatic rings. The zero-order valence-corrected chi connectivity index (χ0v) is 12.0. The SMILES string of the molecule is CN(C)CC1CCCN1c1sc(C#N)c(N)c1C#N. The predicted octanol–water partition coefficient (Wildman–Crippen LogP) is 1.60. The van der Waals surface area contributed by atoms with Crippen molar-refractivity contribution in [2.75, 3.05) is 37.8 Å². The number of rotatable bonds is 3. The summed E-state index contributed by atoms with van der Waals surface area (Å²) in [5, 5.41) is 19.2. The summed E-state index contributed by atoms with van der Waals surface area (Å²) in [4.78, 5) is 4.83. The number of nitriles is 2. The Kier molecular flexibility index (Phi) is 3.94. The molecule has 0 radical (unpaired) electrons. The predicted molar refractivity (Wildman–Crippen MR) is 77.1 cm³/mol. The molecule has 2 N–H and O–H groups in total. The lowest BCUT2D eigenvalue weighted by molar-refractivity contribution is 0.372. The van der Waals surface area contributed by atoms with Crippen molar-refractivity contribution in [2.45, 2.75) is 18.9 Å². The molecule has 0 bridgehead atoms. The van der Waals surface area contributed by atoms with Crippen LogP contribution in [0.2, 0.25) is 0 Å². The van der Waals surface area contributed by atoms with Gasteiger partial charge < -0.3 is 15.5 Å². The maximum Gasteiger partial charge on any atom is 0.131 e. The van der Waals surface area contributed by atoms with Crippen LogP contribution in [0, 0.1) is 22.7 Å². The highest BCUT2D eigenvalue weighted by Crippen LogP contribution is 2.40. The van der Waals surface area contributed by atoms with Crippen molar-refractivity contribution in [2.24, 2.45) is 0 Å². The van der Waals surface area contributed by atoms with E-state index in [4.69, 9.17) is 11.0 Å². The topological polar surface area (TPSA) is 80.1 Å². The first-order valence-electron chi connectivity index (χ1n) is 6.22. The molecule has 100 valence electrons.